The molecule has 2 unspecified atom stereocenters. The molecular formula is C32H28Cl2F4N2O2Ti. The molecule has 0 radical (unpaired) electrons. The first-order chi connectivity index (χ1) is 20.0. The zero-order valence-electron chi connectivity index (χ0n) is 23.4. The van der Waals surface area contributed by atoms with Crippen LogP contribution in [0.4, 0.5) is 28.9 Å². The van der Waals surface area contributed by atoms with Gasteiger partial charge in [-0.3, -0.25) is 9.59 Å². The van der Waals surface area contributed by atoms with E-state index in [4.69, 9.17) is 23.2 Å². The van der Waals surface area contributed by atoms with Crippen LogP contribution in [-0.4, -0.2) is 36.7 Å². The van der Waals surface area contributed by atoms with Crippen LogP contribution in [0.15, 0.2) is 84.9 Å². The second-order valence-corrected chi connectivity index (χ2v) is 10.6. The fraction of sp³-hybridized carbons (Fsp3) is 0.250. The third-order valence-corrected chi connectivity index (χ3v) is 7.68. The molecule has 0 aromatic heterocycles. The van der Waals surface area contributed by atoms with Gasteiger partial charge in [0.15, 0.2) is 0 Å². The van der Waals surface area contributed by atoms with Crippen LogP contribution < -0.4 is 9.80 Å². The van der Waals surface area contributed by atoms with Crippen LogP contribution in [0.5, 0.6) is 0 Å². The van der Waals surface area contributed by atoms with E-state index in [0.717, 1.165) is 12.1 Å². The van der Waals surface area contributed by atoms with E-state index in [0.29, 0.717) is 13.1 Å². The van der Waals surface area contributed by atoms with Crippen molar-refractivity contribution in [3.05, 3.63) is 120 Å². The Labute approximate surface area is 273 Å². The Morgan fingerprint density at radius 3 is 1.23 bits per heavy atom. The molecule has 2 heterocycles. The van der Waals surface area contributed by atoms with E-state index in [1.807, 2.05) is 72.8 Å². The van der Waals surface area contributed by atoms with E-state index in [9.17, 15) is 27.2 Å². The molecular weight excluding hydrogens is 639 g/mol. The minimum atomic E-state index is -0.857. The van der Waals surface area contributed by atoms with Gasteiger partial charge in [-0.2, -0.15) is 36.4 Å². The van der Waals surface area contributed by atoms with Gasteiger partial charge in [0.25, 0.3) is 0 Å². The summed E-state index contributed by atoms with van der Waals surface area (Å²) in [6.07, 6.45) is 0. The predicted molar refractivity (Wildman–Crippen MR) is 157 cm³/mol. The van der Waals surface area contributed by atoms with E-state index in [1.165, 1.54) is 21.9 Å². The molecule has 0 saturated carbocycles. The largest absolute Gasteiger partial charge is 4.00 e. The van der Waals surface area contributed by atoms with Crippen LogP contribution in [0.3, 0.4) is 0 Å². The van der Waals surface area contributed by atoms with Crippen LogP contribution in [0.1, 0.15) is 13.8 Å². The minimum Gasteiger partial charge on any atom is -0.362 e. The maximum Gasteiger partial charge on any atom is 4.00 e. The molecule has 2 saturated heterocycles. The van der Waals surface area contributed by atoms with Gasteiger partial charge in [-0.1, -0.05) is 0 Å². The van der Waals surface area contributed by atoms with Gasteiger partial charge in [0.2, 0.25) is 11.8 Å². The molecule has 43 heavy (non-hydrogen) atoms. The Balaban J connectivity index is 0.000000223. The number of alkyl halides is 2. The summed E-state index contributed by atoms with van der Waals surface area (Å²) < 4.78 is 51.9. The zero-order chi connectivity index (χ0) is 30.9. The normalized spacial score (nSPS) is 20.1. The number of rotatable bonds is 4. The Kier molecular flexibility index (Phi) is 13.7. The van der Waals surface area contributed by atoms with E-state index >= 15 is 0 Å². The summed E-state index contributed by atoms with van der Waals surface area (Å²) in [5, 5.41) is 0. The smallest absolute Gasteiger partial charge is 0.362 e. The van der Waals surface area contributed by atoms with Crippen LogP contribution in [0, 0.1) is 46.2 Å². The molecule has 224 valence electrons. The number of benzene rings is 2. The Bertz CT molecular complexity index is 1310. The van der Waals surface area contributed by atoms with Crippen molar-refractivity contribution in [3.63, 3.8) is 0 Å². The molecule has 4 nitrogen and oxygen atoms in total. The number of hydrogen-bond donors (Lipinski definition) is 0. The molecule has 4 aromatic rings. The third-order valence-electron chi connectivity index (χ3n) is 6.50. The van der Waals surface area contributed by atoms with Crippen LogP contribution >= 0.6 is 23.2 Å². The van der Waals surface area contributed by atoms with Gasteiger partial charge in [0.05, 0.1) is 10.8 Å². The zero-order valence-corrected chi connectivity index (χ0v) is 26.5. The number of nitrogens with zero attached hydrogens (tertiary/aromatic N) is 2. The molecule has 4 aromatic carbocycles. The summed E-state index contributed by atoms with van der Waals surface area (Å²) in [6.45, 7) is 4.10. The number of amides is 2. The van der Waals surface area contributed by atoms with Crippen molar-refractivity contribution in [2.75, 3.05) is 34.6 Å². The van der Waals surface area contributed by atoms with E-state index in [-0.39, 0.29) is 56.7 Å². The molecule has 0 N–H and O–H groups in total. The Morgan fingerprint density at radius 2 is 1.02 bits per heavy atom. The van der Waals surface area contributed by atoms with Gasteiger partial charge < -0.3 is 9.80 Å². The van der Waals surface area contributed by atoms with Crippen LogP contribution in [0.2, 0.25) is 0 Å². The fourth-order valence-corrected chi connectivity index (χ4v) is 4.36. The van der Waals surface area contributed by atoms with E-state index < -0.39 is 34.1 Å². The van der Waals surface area contributed by atoms with Crippen molar-refractivity contribution in [1.82, 2.24) is 0 Å². The third kappa shape index (κ3) is 9.05. The van der Waals surface area contributed by atoms with E-state index in [1.54, 1.807) is 13.8 Å². The van der Waals surface area contributed by atoms with Gasteiger partial charge in [0, 0.05) is 48.1 Å². The monoisotopic (exact) mass is 666 g/mol. The quantitative estimate of drug-likeness (QED) is 0.0743. The predicted octanol–water partition coefficient (Wildman–Crippen LogP) is 7.52. The van der Waals surface area contributed by atoms with Gasteiger partial charge >= 0.3 is 21.7 Å². The van der Waals surface area contributed by atoms with Crippen LogP contribution in [0.25, 0.3) is 0 Å². The van der Waals surface area contributed by atoms with Crippen molar-refractivity contribution in [1.29, 1.82) is 0 Å². The summed E-state index contributed by atoms with van der Waals surface area (Å²) in [6, 6.07) is 28.4. The first-order valence-electron chi connectivity index (χ1n) is 12.8. The number of carbonyl (C=O) groups excluding carboxylic acids is 2. The van der Waals surface area contributed by atoms with Gasteiger partial charge in [0.1, 0.15) is 0 Å². The maximum atomic E-state index is 13.3. The number of carbonyl (C=O) groups is 2. The molecule has 0 aliphatic carbocycles. The summed E-state index contributed by atoms with van der Waals surface area (Å²) in [5.41, 5.74) is -1.17. The number of halogens is 6. The molecule has 6 rings (SSSR count). The van der Waals surface area contributed by atoms with Crippen molar-refractivity contribution in [3.8, 4) is 0 Å². The van der Waals surface area contributed by atoms with Gasteiger partial charge in [-0.15, -0.1) is 59.6 Å². The fourth-order valence-electron chi connectivity index (χ4n) is 3.96. The van der Waals surface area contributed by atoms with Crippen molar-refractivity contribution in [2.45, 2.75) is 13.8 Å². The average molecular weight is 667 g/mol. The molecule has 0 spiro atoms. The maximum absolute atomic E-state index is 13.3. The standard InChI is InChI=1S/2C11H9ClF2NO.2C5H5.Ti/c2*1-11(5-12)6-15(10(11)16)9-3-2-7(13)4-8(9)14;2*1-2-4-5-3-1;/h2*2-3H,5-6H2,1H3;2*1-5H;/q4*-1;+4. The topological polar surface area (TPSA) is 40.6 Å². The molecule has 2 fully saturated rings. The number of β-lactam (4-membered cyclic amide) rings is 2. The number of hydrogen-bond acceptors (Lipinski definition) is 2. The van der Waals surface area contributed by atoms with Crippen molar-refractivity contribution < 1.29 is 48.9 Å². The van der Waals surface area contributed by atoms with Gasteiger partial charge in [-0.05, 0) is 25.2 Å². The number of anilines is 2. The molecule has 2 atom stereocenters. The van der Waals surface area contributed by atoms with E-state index in [2.05, 4.69) is 0 Å². The molecule has 0 bridgehead atoms. The molecule has 2 aliphatic rings. The molecule has 2 aliphatic heterocycles. The molecule has 2 amide bonds. The Hall–Kier alpha value is -2.91. The van der Waals surface area contributed by atoms with Crippen LogP contribution in [-0.2, 0) is 31.3 Å². The second kappa shape index (κ2) is 16.2. The molecule has 11 heteroatoms. The average Bonchev–Trinajstić information content (AvgIpc) is 3.75. The SMILES string of the molecule is CC1(CCl)CN(c2ccc(F)[c-]c2F)C1=O.CC1(CCl)CN(c2ccc(F)[c-]c2F)C1=O.[Ti+4].c1cc[cH-]c1.c1cc[cH-]c1. The van der Waals surface area contributed by atoms with Crippen molar-refractivity contribution in [2.24, 2.45) is 10.8 Å². The first kappa shape index (κ1) is 36.3. The first-order valence-corrected chi connectivity index (χ1v) is 13.9. The Morgan fingerprint density at radius 1 is 0.698 bits per heavy atom. The van der Waals surface area contributed by atoms with Crippen molar-refractivity contribution >= 4 is 46.4 Å². The summed E-state index contributed by atoms with van der Waals surface area (Å²) in [4.78, 5) is 25.9. The summed E-state index contributed by atoms with van der Waals surface area (Å²) in [7, 11) is 0. The van der Waals surface area contributed by atoms with Gasteiger partial charge in [-0.25, -0.2) is 41.8 Å². The summed E-state index contributed by atoms with van der Waals surface area (Å²) >= 11 is 11.3. The minimum absolute atomic E-state index is 0. The summed E-state index contributed by atoms with van der Waals surface area (Å²) in [5.74, 6) is -3.40. The second-order valence-electron chi connectivity index (χ2n) is 10.1.